The third-order valence-electron chi connectivity index (χ3n) is 2.54. The van der Waals surface area contributed by atoms with Crippen molar-refractivity contribution in [1.29, 1.82) is 0 Å². The fourth-order valence-electron chi connectivity index (χ4n) is 1.75. The van der Waals surface area contributed by atoms with Gasteiger partial charge >= 0.3 is 0 Å². The smallest absolute Gasteiger partial charge is 0.148 e. The summed E-state index contributed by atoms with van der Waals surface area (Å²) in [6.45, 7) is 1.90. The largest absolute Gasteiger partial charge is 0.313 e. The van der Waals surface area contributed by atoms with Crippen molar-refractivity contribution in [2.45, 2.75) is 12.8 Å². The van der Waals surface area contributed by atoms with Crippen LogP contribution in [-0.2, 0) is 0 Å². The number of halogens is 2. The van der Waals surface area contributed by atoms with Crippen LogP contribution < -0.4 is 5.32 Å². The second-order valence-corrected chi connectivity index (χ2v) is 4.13. The molecule has 1 aliphatic rings. The number of nitrogens with one attached hydrogen (secondary N) is 1. The molecule has 0 unspecified atom stereocenters. The van der Waals surface area contributed by atoms with Crippen LogP contribution in [0, 0.1) is 5.82 Å². The molecule has 1 N–H and O–H groups in total. The summed E-state index contributed by atoms with van der Waals surface area (Å²) in [6, 6.07) is 5.09. The van der Waals surface area contributed by atoms with Gasteiger partial charge in [-0.1, -0.05) is 35.4 Å². The highest BCUT2D eigenvalue weighted by molar-refractivity contribution is 6.30. The number of benzene rings is 1. The molecule has 0 saturated carbocycles. The van der Waals surface area contributed by atoms with Gasteiger partial charge in [-0.3, -0.25) is 0 Å². The van der Waals surface area contributed by atoms with Crippen molar-refractivity contribution in [2.24, 2.45) is 0 Å². The summed E-state index contributed by atoms with van der Waals surface area (Å²) in [5.74, 6) is -0.322. The molecule has 80 valence electrons. The molecule has 1 saturated heterocycles. The Kier molecular flexibility index (Phi) is 3.39. The lowest BCUT2D eigenvalue weighted by Gasteiger charge is -2.15. The minimum absolute atomic E-state index is 0.188. The lowest BCUT2D eigenvalue weighted by Crippen LogP contribution is -2.23. The van der Waals surface area contributed by atoms with E-state index in [-0.39, 0.29) is 10.8 Å². The van der Waals surface area contributed by atoms with Crippen LogP contribution in [0.2, 0.25) is 5.02 Å². The zero-order chi connectivity index (χ0) is 10.7. The van der Waals surface area contributed by atoms with Crippen LogP contribution in [0.25, 0.3) is 6.08 Å². The van der Waals surface area contributed by atoms with Crippen molar-refractivity contribution in [1.82, 2.24) is 5.32 Å². The summed E-state index contributed by atoms with van der Waals surface area (Å²) < 4.78 is 13.6. The van der Waals surface area contributed by atoms with Gasteiger partial charge in [0.05, 0.1) is 5.02 Å². The van der Waals surface area contributed by atoms with Crippen LogP contribution in [0.3, 0.4) is 0 Å². The maximum Gasteiger partial charge on any atom is 0.148 e. The molecule has 1 fully saturated rings. The van der Waals surface area contributed by atoms with E-state index in [1.54, 1.807) is 18.2 Å². The first-order valence-corrected chi connectivity index (χ1v) is 5.49. The molecule has 15 heavy (non-hydrogen) atoms. The van der Waals surface area contributed by atoms with E-state index < -0.39 is 0 Å². The minimum atomic E-state index is -0.322. The SMILES string of the molecule is Fc1c(Cl)cccc1/C=C1/CCCNC1. The van der Waals surface area contributed by atoms with Crippen LogP contribution >= 0.6 is 11.6 Å². The molecular weight excluding hydrogens is 213 g/mol. The Morgan fingerprint density at radius 3 is 3.00 bits per heavy atom. The first-order valence-electron chi connectivity index (χ1n) is 5.11. The summed E-state index contributed by atoms with van der Waals surface area (Å²) in [4.78, 5) is 0. The number of hydrogen-bond donors (Lipinski definition) is 1. The molecular formula is C12H13ClFN. The van der Waals surface area contributed by atoms with Crippen molar-refractivity contribution in [2.75, 3.05) is 13.1 Å². The third-order valence-corrected chi connectivity index (χ3v) is 2.84. The monoisotopic (exact) mass is 225 g/mol. The van der Waals surface area contributed by atoms with Crippen molar-refractivity contribution in [3.05, 3.63) is 40.2 Å². The number of hydrogen-bond acceptors (Lipinski definition) is 1. The first-order chi connectivity index (χ1) is 7.27. The van der Waals surface area contributed by atoms with Gasteiger partial charge in [0.25, 0.3) is 0 Å². The molecule has 0 atom stereocenters. The summed E-state index contributed by atoms with van der Waals surface area (Å²) in [5, 5.41) is 3.45. The molecule has 0 radical (unpaired) electrons. The number of piperidine rings is 1. The molecule has 0 spiro atoms. The van der Waals surface area contributed by atoms with Gasteiger partial charge in [-0.2, -0.15) is 0 Å². The zero-order valence-electron chi connectivity index (χ0n) is 8.39. The topological polar surface area (TPSA) is 12.0 Å². The Balaban J connectivity index is 2.25. The van der Waals surface area contributed by atoms with E-state index in [0.29, 0.717) is 5.56 Å². The summed E-state index contributed by atoms with van der Waals surface area (Å²) in [5.41, 5.74) is 1.82. The Bertz CT molecular complexity index is 379. The zero-order valence-corrected chi connectivity index (χ0v) is 9.15. The molecule has 1 aromatic rings. The molecule has 2 rings (SSSR count). The Morgan fingerprint density at radius 2 is 2.27 bits per heavy atom. The molecule has 1 aliphatic heterocycles. The van der Waals surface area contributed by atoms with Gasteiger partial charge in [0.1, 0.15) is 5.82 Å². The van der Waals surface area contributed by atoms with E-state index in [2.05, 4.69) is 5.32 Å². The van der Waals surface area contributed by atoms with Gasteiger partial charge in [-0.05, 0) is 25.5 Å². The van der Waals surface area contributed by atoms with E-state index in [4.69, 9.17) is 11.6 Å². The molecule has 1 aromatic carbocycles. The van der Waals surface area contributed by atoms with Gasteiger partial charge in [0, 0.05) is 12.1 Å². The van der Waals surface area contributed by atoms with E-state index in [0.717, 1.165) is 25.9 Å². The minimum Gasteiger partial charge on any atom is -0.313 e. The molecule has 0 aliphatic carbocycles. The first kappa shape index (κ1) is 10.7. The fourth-order valence-corrected chi connectivity index (χ4v) is 1.93. The van der Waals surface area contributed by atoms with Crippen molar-refractivity contribution >= 4 is 17.7 Å². The molecule has 1 heterocycles. The third kappa shape index (κ3) is 2.58. The fraction of sp³-hybridized carbons (Fsp3) is 0.333. The van der Waals surface area contributed by atoms with Crippen LogP contribution in [0.15, 0.2) is 23.8 Å². The highest BCUT2D eigenvalue weighted by Crippen LogP contribution is 2.21. The second-order valence-electron chi connectivity index (χ2n) is 3.73. The van der Waals surface area contributed by atoms with Crippen molar-refractivity contribution in [3.63, 3.8) is 0 Å². The van der Waals surface area contributed by atoms with Crippen molar-refractivity contribution in [3.8, 4) is 0 Å². The Hall–Kier alpha value is -0.860. The average molecular weight is 226 g/mol. The summed E-state index contributed by atoms with van der Waals surface area (Å²) in [6.07, 6.45) is 4.06. The van der Waals surface area contributed by atoms with Gasteiger partial charge < -0.3 is 5.32 Å². The summed E-state index contributed by atoms with van der Waals surface area (Å²) in [7, 11) is 0. The van der Waals surface area contributed by atoms with Gasteiger partial charge in [0.15, 0.2) is 0 Å². The average Bonchev–Trinajstić information content (AvgIpc) is 2.26. The molecule has 0 amide bonds. The van der Waals surface area contributed by atoms with E-state index in [1.807, 2.05) is 6.08 Å². The van der Waals surface area contributed by atoms with Crippen LogP contribution in [-0.4, -0.2) is 13.1 Å². The standard InChI is InChI=1S/C12H13ClFN/c13-11-5-1-4-10(12(11)14)7-9-3-2-6-15-8-9/h1,4-5,7,15H,2-3,6,8H2/b9-7-. The van der Waals surface area contributed by atoms with Crippen LogP contribution in [0.5, 0.6) is 0 Å². The van der Waals surface area contributed by atoms with Crippen LogP contribution in [0.4, 0.5) is 4.39 Å². The Morgan fingerprint density at radius 1 is 1.40 bits per heavy atom. The quantitative estimate of drug-likeness (QED) is 0.774. The van der Waals surface area contributed by atoms with Gasteiger partial charge in [-0.25, -0.2) is 4.39 Å². The predicted molar refractivity (Wildman–Crippen MR) is 61.5 cm³/mol. The van der Waals surface area contributed by atoms with Gasteiger partial charge in [-0.15, -0.1) is 0 Å². The van der Waals surface area contributed by atoms with E-state index in [1.165, 1.54) is 5.57 Å². The molecule has 0 aromatic heterocycles. The maximum absolute atomic E-state index is 13.6. The maximum atomic E-state index is 13.6. The molecule has 1 nitrogen and oxygen atoms in total. The molecule has 0 bridgehead atoms. The predicted octanol–water partition coefficient (Wildman–Crippen LogP) is 3.25. The normalized spacial score (nSPS) is 19.5. The highest BCUT2D eigenvalue weighted by atomic mass is 35.5. The Labute approximate surface area is 93.9 Å². The van der Waals surface area contributed by atoms with Gasteiger partial charge in [0.2, 0.25) is 0 Å². The van der Waals surface area contributed by atoms with E-state index in [9.17, 15) is 4.39 Å². The second kappa shape index (κ2) is 4.77. The van der Waals surface area contributed by atoms with Crippen molar-refractivity contribution < 1.29 is 4.39 Å². The summed E-state index contributed by atoms with van der Waals surface area (Å²) >= 11 is 5.71. The van der Waals surface area contributed by atoms with Crippen LogP contribution in [0.1, 0.15) is 18.4 Å². The number of rotatable bonds is 1. The lowest BCUT2D eigenvalue weighted by molar-refractivity contribution is 0.609. The lowest BCUT2D eigenvalue weighted by atomic mass is 10.0. The van der Waals surface area contributed by atoms with E-state index >= 15 is 0 Å². The highest BCUT2D eigenvalue weighted by Gasteiger charge is 2.07. The molecule has 3 heteroatoms.